The number of pyridine rings is 1. The monoisotopic (exact) mass is 651 g/mol. The molecule has 244 valence electrons. The zero-order valence-electron chi connectivity index (χ0n) is 25.4. The summed E-state index contributed by atoms with van der Waals surface area (Å²) in [6, 6.07) is 16.8. The number of anilines is 3. The number of halogens is 6. The summed E-state index contributed by atoms with van der Waals surface area (Å²) in [5.41, 5.74) is 0.791. The van der Waals surface area contributed by atoms with Crippen LogP contribution in [0.1, 0.15) is 53.5 Å². The second-order valence-electron chi connectivity index (χ2n) is 12.4. The molecule has 0 radical (unpaired) electrons. The molecule has 0 bridgehead atoms. The fourth-order valence-corrected chi connectivity index (χ4v) is 6.25. The maximum atomic E-state index is 13.7. The van der Waals surface area contributed by atoms with Crippen molar-refractivity contribution in [2.75, 3.05) is 10.2 Å². The Kier molecular flexibility index (Phi) is 7.80. The minimum atomic E-state index is -4.95. The second-order valence-corrected chi connectivity index (χ2v) is 12.4. The molecule has 0 saturated heterocycles. The highest BCUT2D eigenvalue weighted by Crippen LogP contribution is 2.47. The standard InChI is InChI=1S/C34H31F6N7/c1-46-44-32(43-45-46)47(19-24-18-41-28-8-4-3-7-27(28)31(24)42-30(21-10-11-21)22-12-13-22)29-9-5-2-6-23(29)14-20-15-25(33(35,36)37)17-26(16-20)34(38,39)40/h2-9,15-18,21-22,30H,10-14,19H2,1H3,(H,41,42). The van der Waals surface area contributed by atoms with Crippen LogP contribution in [-0.2, 0) is 32.4 Å². The van der Waals surface area contributed by atoms with Crippen LogP contribution in [0.2, 0.25) is 0 Å². The molecular formula is C34H31F6N7. The van der Waals surface area contributed by atoms with E-state index in [0.717, 1.165) is 34.3 Å². The molecule has 2 saturated carbocycles. The van der Waals surface area contributed by atoms with Crippen LogP contribution in [-0.4, -0.2) is 31.2 Å². The number of fused-ring (bicyclic) bond motifs is 1. The van der Waals surface area contributed by atoms with E-state index in [2.05, 4.69) is 20.7 Å². The lowest BCUT2D eigenvalue weighted by molar-refractivity contribution is -0.143. The molecule has 0 unspecified atom stereocenters. The summed E-state index contributed by atoms with van der Waals surface area (Å²) in [7, 11) is 1.61. The molecule has 0 spiro atoms. The Labute approximate surface area is 266 Å². The van der Waals surface area contributed by atoms with Gasteiger partial charge in [0.2, 0.25) is 0 Å². The van der Waals surface area contributed by atoms with Crippen LogP contribution in [0.15, 0.2) is 72.9 Å². The van der Waals surface area contributed by atoms with Gasteiger partial charge in [-0.25, -0.2) is 0 Å². The fourth-order valence-electron chi connectivity index (χ4n) is 6.25. The minimum Gasteiger partial charge on any atom is -0.381 e. The SMILES string of the molecule is Cn1nnc(N(Cc2cnc3ccccc3c2NC(C2CC2)C2CC2)c2ccccc2Cc2cc(C(F)(F)F)cc(C(F)(F)F)c2)n1. The summed E-state index contributed by atoms with van der Waals surface area (Å²) in [6.45, 7) is 0.210. The molecule has 47 heavy (non-hydrogen) atoms. The summed E-state index contributed by atoms with van der Waals surface area (Å²) in [6.07, 6.45) is -3.57. The lowest BCUT2D eigenvalue weighted by Gasteiger charge is -2.27. The molecule has 13 heteroatoms. The fraction of sp³-hybridized carbons (Fsp3) is 0.353. The van der Waals surface area contributed by atoms with Crippen LogP contribution in [0.3, 0.4) is 0 Å². The molecule has 2 aromatic heterocycles. The third-order valence-corrected chi connectivity index (χ3v) is 8.82. The third kappa shape index (κ3) is 6.75. The number of hydrogen-bond donors (Lipinski definition) is 1. The molecule has 0 aliphatic heterocycles. The normalized spacial score (nSPS) is 15.4. The maximum Gasteiger partial charge on any atom is 0.416 e. The molecule has 7 nitrogen and oxygen atoms in total. The van der Waals surface area contributed by atoms with Crippen molar-refractivity contribution in [2.45, 2.75) is 57.0 Å². The van der Waals surface area contributed by atoms with Crippen LogP contribution in [0, 0.1) is 11.8 Å². The second kappa shape index (κ2) is 11.8. The van der Waals surface area contributed by atoms with E-state index in [4.69, 9.17) is 4.98 Å². The number of hydrogen-bond acceptors (Lipinski definition) is 6. The first-order valence-electron chi connectivity index (χ1n) is 15.4. The van der Waals surface area contributed by atoms with Gasteiger partial charge in [0.05, 0.1) is 35.9 Å². The average Bonchev–Trinajstić information content (AvgIpc) is 3.97. The van der Waals surface area contributed by atoms with Gasteiger partial charge in [-0.15, -0.1) is 5.10 Å². The van der Waals surface area contributed by atoms with Gasteiger partial charge in [-0.05, 0) is 90.6 Å². The Morgan fingerprint density at radius 1 is 0.851 bits per heavy atom. The van der Waals surface area contributed by atoms with Gasteiger partial charge in [-0.2, -0.15) is 31.1 Å². The lowest BCUT2D eigenvalue weighted by atomic mass is 9.97. The van der Waals surface area contributed by atoms with E-state index >= 15 is 0 Å². The van der Waals surface area contributed by atoms with E-state index in [9.17, 15) is 26.3 Å². The Balaban J connectivity index is 1.31. The highest BCUT2D eigenvalue weighted by molar-refractivity contribution is 5.93. The van der Waals surface area contributed by atoms with E-state index in [-0.39, 0.29) is 30.5 Å². The van der Waals surface area contributed by atoms with Gasteiger partial charge >= 0.3 is 12.4 Å². The quantitative estimate of drug-likeness (QED) is 0.153. The summed E-state index contributed by atoms with van der Waals surface area (Å²) < 4.78 is 82.1. The Morgan fingerprint density at radius 2 is 1.49 bits per heavy atom. The molecular weight excluding hydrogens is 620 g/mol. The van der Waals surface area contributed by atoms with Crippen LogP contribution in [0.5, 0.6) is 0 Å². The molecule has 3 aromatic carbocycles. The number of aromatic nitrogens is 5. The summed E-state index contributed by atoms with van der Waals surface area (Å²) >= 11 is 0. The Bertz CT molecular complexity index is 1870. The van der Waals surface area contributed by atoms with Crippen LogP contribution in [0.4, 0.5) is 43.7 Å². The molecule has 1 N–H and O–H groups in total. The van der Waals surface area contributed by atoms with Crippen molar-refractivity contribution in [1.82, 2.24) is 25.2 Å². The summed E-state index contributed by atoms with van der Waals surface area (Å²) in [5.74, 6) is 1.43. The van der Waals surface area contributed by atoms with Gasteiger partial charge in [-0.3, -0.25) is 4.98 Å². The molecule has 2 fully saturated rings. The molecule has 7 rings (SSSR count). The highest BCUT2D eigenvalue weighted by atomic mass is 19.4. The number of benzene rings is 3. The number of aryl methyl sites for hydroxylation is 1. The van der Waals surface area contributed by atoms with E-state index in [0.29, 0.717) is 29.1 Å². The zero-order valence-corrected chi connectivity index (χ0v) is 25.4. The van der Waals surface area contributed by atoms with Gasteiger partial charge in [0.15, 0.2) is 0 Å². The molecule has 2 aliphatic carbocycles. The van der Waals surface area contributed by atoms with E-state index in [1.165, 1.54) is 30.5 Å². The highest BCUT2D eigenvalue weighted by Gasteiger charge is 2.42. The van der Waals surface area contributed by atoms with Crippen molar-refractivity contribution >= 4 is 28.2 Å². The van der Waals surface area contributed by atoms with Crippen molar-refractivity contribution < 1.29 is 26.3 Å². The van der Waals surface area contributed by atoms with Crippen molar-refractivity contribution in [2.24, 2.45) is 18.9 Å². The Morgan fingerprint density at radius 3 is 2.11 bits per heavy atom. The first kappa shape index (κ1) is 30.9. The molecule has 2 aliphatic rings. The van der Waals surface area contributed by atoms with Crippen LogP contribution >= 0.6 is 0 Å². The Hall–Kier alpha value is -4.68. The molecule has 0 atom stereocenters. The lowest BCUT2D eigenvalue weighted by Crippen LogP contribution is -2.27. The van der Waals surface area contributed by atoms with Gasteiger partial charge in [0, 0.05) is 28.9 Å². The predicted octanol–water partition coefficient (Wildman–Crippen LogP) is 8.33. The van der Waals surface area contributed by atoms with Gasteiger partial charge in [0.1, 0.15) is 0 Å². The maximum absolute atomic E-state index is 13.7. The molecule has 5 aromatic rings. The van der Waals surface area contributed by atoms with Crippen molar-refractivity contribution in [3.63, 3.8) is 0 Å². The van der Waals surface area contributed by atoms with Gasteiger partial charge < -0.3 is 10.2 Å². The van der Waals surface area contributed by atoms with E-state index in [1.807, 2.05) is 24.3 Å². The van der Waals surface area contributed by atoms with E-state index in [1.54, 1.807) is 42.4 Å². The smallest absolute Gasteiger partial charge is 0.381 e. The molecule has 0 amide bonds. The largest absolute Gasteiger partial charge is 0.416 e. The van der Waals surface area contributed by atoms with Crippen molar-refractivity contribution in [1.29, 1.82) is 0 Å². The number of nitrogens with one attached hydrogen (secondary N) is 1. The average molecular weight is 652 g/mol. The van der Waals surface area contributed by atoms with E-state index < -0.39 is 23.5 Å². The van der Waals surface area contributed by atoms with Gasteiger partial charge in [-0.1, -0.05) is 41.5 Å². The van der Waals surface area contributed by atoms with Crippen molar-refractivity contribution in [3.8, 4) is 0 Å². The number of nitrogens with zero attached hydrogens (tertiary/aromatic N) is 6. The number of tetrazole rings is 1. The summed E-state index contributed by atoms with van der Waals surface area (Å²) in [5, 5.41) is 17.5. The van der Waals surface area contributed by atoms with Gasteiger partial charge in [0.25, 0.3) is 5.95 Å². The first-order chi connectivity index (χ1) is 22.4. The van der Waals surface area contributed by atoms with Crippen LogP contribution in [0.25, 0.3) is 10.9 Å². The van der Waals surface area contributed by atoms with Crippen LogP contribution < -0.4 is 10.2 Å². The molecule has 2 heterocycles. The van der Waals surface area contributed by atoms with Crippen molar-refractivity contribution in [3.05, 3.63) is 101 Å². The summed E-state index contributed by atoms with van der Waals surface area (Å²) in [4.78, 5) is 7.80. The predicted molar refractivity (Wildman–Crippen MR) is 165 cm³/mol. The third-order valence-electron chi connectivity index (χ3n) is 8.82. The number of rotatable bonds is 10. The number of alkyl halides is 6. The topological polar surface area (TPSA) is 71.8 Å². The minimum absolute atomic E-state index is 0.127. The number of para-hydroxylation sites is 2. The first-order valence-corrected chi connectivity index (χ1v) is 15.4. The zero-order chi connectivity index (χ0) is 32.9.